The topological polar surface area (TPSA) is 42.0 Å². The van der Waals surface area contributed by atoms with E-state index < -0.39 is 0 Å². The van der Waals surface area contributed by atoms with Gasteiger partial charge in [-0.25, -0.2) is 0 Å². The number of rotatable bonds is 2. The molecule has 74 valence electrons. The van der Waals surface area contributed by atoms with E-state index in [4.69, 9.17) is 0 Å². The summed E-state index contributed by atoms with van der Waals surface area (Å²) in [6, 6.07) is 3.94. The van der Waals surface area contributed by atoms with Crippen LogP contribution >= 0.6 is 0 Å². The van der Waals surface area contributed by atoms with Crippen LogP contribution in [0.3, 0.4) is 0 Å². The Hall–Kier alpha value is -1.22. The van der Waals surface area contributed by atoms with E-state index in [9.17, 15) is 4.79 Å². The van der Waals surface area contributed by atoms with E-state index >= 15 is 0 Å². The molecular formula is C11H14N2O. The number of aromatic nitrogens is 1. The minimum absolute atomic E-state index is 0.337. The van der Waals surface area contributed by atoms with Gasteiger partial charge in [0, 0.05) is 17.8 Å². The number of aldehydes is 1. The molecule has 14 heavy (non-hydrogen) atoms. The second-order valence-corrected chi connectivity index (χ2v) is 3.63. The number of nitrogens with zero attached hydrogens (tertiary/aromatic N) is 1. The third-order valence-corrected chi connectivity index (χ3v) is 2.61. The summed E-state index contributed by atoms with van der Waals surface area (Å²) in [5.74, 6) is 0. The summed E-state index contributed by atoms with van der Waals surface area (Å²) in [4.78, 5) is 14.9. The molecule has 1 N–H and O–H groups in total. The molecule has 3 heteroatoms. The minimum atomic E-state index is 0.337. The second-order valence-electron chi connectivity index (χ2n) is 3.63. The molecule has 0 spiro atoms. The molecule has 0 saturated carbocycles. The van der Waals surface area contributed by atoms with E-state index in [-0.39, 0.29) is 0 Å². The zero-order valence-corrected chi connectivity index (χ0v) is 8.07. The summed E-state index contributed by atoms with van der Waals surface area (Å²) >= 11 is 0. The van der Waals surface area contributed by atoms with Crippen molar-refractivity contribution in [2.24, 2.45) is 0 Å². The average molecular weight is 190 g/mol. The van der Waals surface area contributed by atoms with Gasteiger partial charge in [-0.2, -0.15) is 0 Å². The van der Waals surface area contributed by atoms with Crippen LogP contribution in [0.25, 0.3) is 0 Å². The van der Waals surface area contributed by atoms with Crippen molar-refractivity contribution in [1.29, 1.82) is 0 Å². The van der Waals surface area contributed by atoms with Gasteiger partial charge in [0.15, 0.2) is 0 Å². The Labute approximate surface area is 83.5 Å². The molecular weight excluding hydrogens is 176 g/mol. The van der Waals surface area contributed by atoms with Crippen LogP contribution in [0, 0.1) is 0 Å². The third kappa shape index (κ3) is 1.99. The third-order valence-electron chi connectivity index (χ3n) is 2.61. The minimum Gasteiger partial charge on any atom is -0.309 e. The quantitative estimate of drug-likeness (QED) is 0.722. The normalized spacial score (nSPS) is 21.9. The van der Waals surface area contributed by atoms with Crippen molar-refractivity contribution in [3.05, 3.63) is 29.6 Å². The number of pyridine rings is 1. The largest absolute Gasteiger partial charge is 0.309 e. The van der Waals surface area contributed by atoms with Crippen molar-refractivity contribution in [2.75, 3.05) is 6.54 Å². The fourth-order valence-electron chi connectivity index (χ4n) is 1.83. The van der Waals surface area contributed by atoms with E-state index in [2.05, 4.69) is 10.3 Å². The fourth-order valence-corrected chi connectivity index (χ4v) is 1.83. The maximum Gasteiger partial charge on any atom is 0.150 e. The molecule has 0 radical (unpaired) electrons. The molecule has 3 nitrogen and oxygen atoms in total. The van der Waals surface area contributed by atoms with Gasteiger partial charge in [-0.1, -0.05) is 6.42 Å². The summed E-state index contributed by atoms with van der Waals surface area (Å²) < 4.78 is 0. The van der Waals surface area contributed by atoms with Gasteiger partial charge in [0.2, 0.25) is 0 Å². The molecule has 1 aliphatic heterocycles. The van der Waals surface area contributed by atoms with Gasteiger partial charge >= 0.3 is 0 Å². The summed E-state index contributed by atoms with van der Waals surface area (Å²) in [6.45, 7) is 1.05. The predicted molar refractivity (Wildman–Crippen MR) is 54.2 cm³/mol. The first kappa shape index (κ1) is 9.34. The first-order valence-corrected chi connectivity index (χ1v) is 5.04. The van der Waals surface area contributed by atoms with Crippen LogP contribution in [-0.2, 0) is 0 Å². The molecule has 2 heterocycles. The van der Waals surface area contributed by atoms with Crippen LogP contribution in [0.2, 0.25) is 0 Å². The van der Waals surface area contributed by atoms with Crippen LogP contribution < -0.4 is 5.32 Å². The van der Waals surface area contributed by atoms with Gasteiger partial charge < -0.3 is 5.32 Å². The maximum atomic E-state index is 10.6. The van der Waals surface area contributed by atoms with Crippen LogP contribution in [0.4, 0.5) is 0 Å². The number of hydrogen-bond donors (Lipinski definition) is 1. The summed E-state index contributed by atoms with van der Waals surface area (Å²) in [5.41, 5.74) is 1.71. The Morgan fingerprint density at radius 2 is 2.43 bits per heavy atom. The summed E-state index contributed by atoms with van der Waals surface area (Å²) in [5, 5.41) is 3.41. The zero-order chi connectivity index (χ0) is 9.80. The molecule has 1 aliphatic rings. The van der Waals surface area contributed by atoms with Crippen LogP contribution in [-0.4, -0.2) is 17.8 Å². The van der Waals surface area contributed by atoms with Crippen LogP contribution in [0.15, 0.2) is 18.3 Å². The lowest BCUT2D eigenvalue weighted by Gasteiger charge is -2.22. The van der Waals surface area contributed by atoms with Crippen molar-refractivity contribution >= 4 is 6.29 Å². The van der Waals surface area contributed by atoms with E-state index in [1.165, 1.54) is 12.8 Å². The predicted octanol–water partition coefficient (Wildman–Crippen LogP) is 1.71. The SMILES string of the molecule is O=Cc1ccnc([C@@H]2CCCCN2)c1. The molecule has 1 saturated heterocycles. The Morgan fingerprint density at radius 3 is 3.14 bits per heavy atom. The molecule has 1 atom stereocenters. The average Bonchev–Trinajstić information content (AvgIpc) is 2.30. The Morgan fingerprint density at radius 1 is 1.50 bits per heavy atom. The molecule has 1 fully saturated rings. The van der Waals surface area contributed by atoms with Gasteiger partial charge in [0.1, 0.15) is 6.29 Å². The monoisotopic (exact) mass is 190 g/mol. The number of nitrogens with one attached hydrogen (secondary N) is 1. The van der Waals surface area contributed by atoms with E-state index in [0.29, 0.717) is 11.6 Å². The van der Waals surface area contributed by atoms with Crippen molar-refractivity contribution < 1.29 is 4.79 Å². The smallest absolute Gasteiger partial charge is 0.150 e. The lowest BCUT2D eigenvalue weighted by atomic mass is 10.0. The lowest BCUT2D eigenvalue weighted by Crippen LogP contribution is -2.27. The molecule has 1 aromatic rings. The molecule has 0 aliphatic carbocycles. The highest BCUT2D eigenvalue weighted by Crippen LogP contribution is 2.21. The Balaban J connectivity index is 2.17. The summed E-state index contributed by atoms with van der Waals surface area (Å²) in [7, 11) is 0. The highest BCUT2D eigenvalue weighted by Gasteiger charge is 2.15. The molecule has 0 bridgehead atoms. The number of carbonyl (C=O) groups is 1. The van der Waals surface area contributed by atoms with Crippen LogP contribution in [0.5, 0.6) is 0 Å². The summed E-state index contributed by atoms with van der Waals surface area (Å²) in [6.07, 6.45) is 6.17. The standard InChI is InChI=1S/C11H14N2O/c14-8-9-4-6-13-11(7-9)10-3-1-2-5-12-10/h4,6-8,10,12H,1-3,5H2/t10-/m0/s1. The fraction of sp³-hybridized carbons (Fsp3) is 0.455. The number of carbonyl (C=O) groups excluding carboxylic acids is 1. The van der Waals surface area contributed by atoms with Gasteiger partial charge in [-0.15, -0.1) is 0 Å². The van der Waals surface area contributed by atoms with Crippen LogP contribution in [0.1, 0.15) is 41.4 Å². The Kier molecular flexibility index (Phi) is 2.89. The molecule has 0 aromatic carbocycles. The van der Waals surface area contributed by atoms with Crippen molar-refractivity contribution in [2.45, 2.75) is 25.3 Å². The van der Waals surface area contributed by atoms with Crippen molar-refractivity contribution in [3.63, 3.8) is 0 Å². The second kappa shape index (κ2) is 4.33. The van der Waals surface area contributed by atoms with E-state index in [0.717, 1.165) is 24.9 Å². The number of piperidine rings is 1. The molecule has 2 rings (SSSR count). The zero-order valence-electron chi connectivity index (χ0n) is 8.07. The highest BCUT2D eigenvalue weighted by atomic mass is 16.1. The molecule has 0 unspecified atom stereocenters. The van der Waals surface area contributed by atoms with Crippen molar-refractivity contribution in [3.8, 4) is 0 Å². The first-order valence-electron chi connectivity index (χ1n) is 5.04. The Bertz CT molecular complexity index is 319. The van der Waals surface area contributed by atoms with Gasteiger partial charge in [0.25, 0.3) is 0 Å². The first-order chi connectivity index (χ1) is 6.90. The van der Waals surface area contributed by atoms with Crippen molar-refractivity contribution in [1.82, 2.24) is 10.3 Å². The number of hydrogen-bond acceptors (Lipinski definition) is 3. The molecule has 0 amide bonds. The lowest BCUT2D eigenvalue weighted by molar-refractivity contribution is 0.112. The van der Waals surface area contributed by atoms with Gasteiger partial charge in [-0.05, 0) is 31.5 Å². The molecule has 1 aromatic heterocycles. The van der Waals surface area contributed by atoms with E-state index in [1.807, 2.05) is 6.07 Å². The van der Waals surface area contributed by atoms with Gasteiger partial charge in [-0.3, -0.25) is 9.78 Å². The van der Waals surface area contributed by atoms with Gasteiger partial charge in [0.05, 0.1) is 5.69 Å². The van der Waals surface area contributed by atoms with E-state index in [1.54, 1.807) is 12.3 Å². The maximum absolute atomic E-state index is 10.6. The highest BCUT2D eigenvalue weighted by molar-refractivity contribution is 5.74.